The summed E-state index contributed by atoms with van der Waals surface area (Å²) in [4.78, 5) is 5.01. The Bertz CT molecular complexity index is 2520. The van der Waals surface area contributed by atoms with E-state index in [9.17, 15) is 0 Å². The van der Waals surface area contributed by atoms with Gasteiger partial charge in [0.15, 0.2) is 0 Å². The quantitative estimate of drug-likeness (QED) is 0.163. The van der Waals surface area contributed by atoms with Gasteiger partial charge < -0.3 is 0 Å². The first-order valence-electron chi connectivity index (χ1n) is 17.2. The van der Waals surface area contributed by atoms with E-state index in [0.717, 1.165) is 12.1 Å². The normalized spacial score (nSPS) is 13.8. The first-order chi connectivity index (χ1) is 24.3. The second kappa shape index (κ2) is 12.2. The molecule has 0 saturated heterocycles. The second-order valence-electron chi connectivity index (χ2n) is 12.9. The van der Waals surface area contributed by atoms with Crippen LogP contribution in [0.5, 0.6) is 0 Å². The van der Waals surface area contributed by atoms with E-state index in [0.29, 0.717) is 0 Å². The van der Waals surface area contributed by atoms with Gasteiger partial charge in [0.1, 0.15) is 0 Å². The predicted octanol–water partition coefficient (Wildman–Crippen LogP) is 13.3. The summed E-state index contributed by atoms with van der Waals surface area (Å²) in [6.07, 6.45) is 0.935. The summed E-state index contributed by atoms with van der Waals surface area (Å²) >= 11 is 0. The number of nitrogens with zero attached hydrogens (tertiary/aromatic N) is 1. The smallest absolute Gasteiger partial charge is 0.0671 e. The maximum Gasteiger partial charge on any atom is 0.0671 e. The Balaban J connectivity index is 1.24. The highest BCUT2D eigenvalue weighted by Gasteiger charge is 2.27. The lowest BCUT2D eigenvalue weighted by atomic mass is 9.84. The van der Waals surface area contributed by atoms with Crippen LogP contribution in [0.1, 0.15) is 30.4 Å². The molecule has 1 heteroatoms. The molecule has 8 aromatic rings. The Morgan fingerprint density at radius 3 is 1.71 bits per heavy atom. The van der Waals surface area contributed by atoms with Crippen molar-refractivity contribution in [3.05, 3.63) is 187 Å². The number of benzene rings is 8. The maximum absolute atomic E-state index is 5.01. The van der Waals surface area contributed by atoms with Gasteiger partial charge in [0, 0.05) is 11.6 Å². The summed E-state index contributed by atoms with van der Waals surface area (Å²) in [6, 6.07) is 64.3. The van der Waals surface area contributed by atoms with E-state index < -0.39 is 0 Å². The molecule has 0 spiro atoms. The van der Waals surface area contributed by atoms with Crippen molar-refractivity contribution in [3.8, 4) is 44.5 Å². The van der Waals surface area contributed by atoms with Crippen molar-refractivity contribution in [3.63, 3.8) is 0 Å². The predicted molar refractivity (Wildman–Crippen MR) is 209 cm³/mol. The fourth-order valence-corrected chi connectivity index (χ4v) is 7.85. The van der Waals surface area contributed by atoms with Gasteiger partial charge in [-0.15, -0.1) is 0 Å². The van der Waals surface area contributed by atoms with Gasteiger partial charge in [-0.1, -0.05) is 165 Å². The molecule has 49 heavy (non-hydrogen) atoms. The molecule has 1 atom stereocenters. The largest absolute Gasteiger partial charge is 0.257 e. The summed E-state index contributed by atoms with van der Waals surface area (Å²) in [7, 11) is 0. The van der Waals surface area contributed by atoms with Crippen molar-refractivity contribution < 1.29 is 0 Å². The average Bonchev–Trinajstić information content (AvgIpc) is 3.56. The van der Waals surface area contributed by atoms with Crippen molar-refractivity contribution in [2.45, 2.75) is 19.3 Å². The van der Waals surface area contributed by atoms with Gasteiger partial charge in [-0.05, 0) is 102 Å². The van der Waals surface area contributed by atoms with Gasteiger partial charge in [0.25, 0.3) is 0 Å². The van der Waals surface area contributed by atoms with Crippen LogP contribution in [-0.2, 0) is 0 Å². The third-order valence-corrected chi connectivity index (χ3v) is 10.1. The van der Waals surface area contributed by atoms with E-state index in [1.807, 2.05) is 0 Å². The molecule has 232 valence electrons. The number of para-hydroxylation sites is 1. The van der Waals surface area contributed by atoms with Crippen LogP contribution in [-0.4, -0.2) is 5.71 Å². The molecule has 0 saturated carbocycles. The molecule has 0 fully saturated rings. The highest BCUT2D eigenvalue weighted by Crippen LogP contribution is 2.46. The first kappa shape index (κ1) is 29.1. The molecule has 1 aliphatic heterocycles. The van der Waals surface area contributed by atoms with Gasteiger partial charge in [-0.3, -0.25) is 4.99 Å². The lowest BCUT2D eigenvalue weighted by Crippen LogP contribution is -2.09. The van der Waals surface area contributed by atoms with Crippen LogP contribution >= 0.6 is 0 Å². The van der Waals surface area contributed by atoms with Crippen LogP contribution < -0.4 is 0 Å². The monoisotopic (exact) mass is 625 g/mol. The van der Waals surface area contributed by atoms with Gasteiger partial charge in [-0.2, -0.15) is 0 Å². The summed E-state index contributed by atoms with van der Waals surface area (Å²) in [5.74, 6) is 0.196. The van der Waals surface area contributed by atoms with Crippen LogP contribution in [0, 0.1) is 0 Å². The van der Waals surface area contributed by atoms with E-state index >= 15 is 0 Å². The molecule has 1 aliphatic rings. The maximum atomic E-state index is 5.01. The molecule has 0 radical (unpaired) electrons. The molecule has 0 aromatic heterocycles. The second-order valence-corrected chi connectivity index (χ2v) is 12.9. The highest BCUT2D eigenvalue weighted by molar-refractivity contribution is 6.22. The van der Waals surface area contributed by atoms with Crippen LogP contribution in [0.15, 0.2) is 181 Å². The Morgan fingerprint density at radius 1 is 0.408 bits per heavy atom. The lowest BCUT2D eigenvalue weighted by molar-refractivity contribution is 1.07. The SMILES string of the molecule is CCC1=Nc2ccccc2C1c1cccc(-c2cccc(-c3c4ccccc4c(-c4ccccc4)c4cc(-c5ccccc5)ccc34)c2)c1. The molecule has 0 bridgehead atoms. The van der Waals surface area contributed by atoms with E-state index in [4.69, 9.17) is 4.99 Å². The number of hydrogen-bond donors (Lipinski definition) is 0. The van der Waals surface area contributed by atoms with Gasteiger partial charge in [0.2, 0.25) is 0 Å². The first-order valence-corrected chi connectivity index (χ1v) is 17.2. The van der Waals surface area contributed by atoms with Crippen molar-refractivity contribution in [2.24, 2.45) is 4.99 Å². The van der Waals surface area contributed by atoms with Crippen LogP contribution in [0.3, 0.4) is 0 Å². The molecule has 8 aromatic carbocycles. The van der Waals surface area contributed by atoms with Crippen LogP contribution in [0.25, 0.3) is 66.1 Å². The highest BCUT2D eigenvalue weighted by atomic mass is 14.8. The lowest BCUT2D eigenvalue weighted by Gasteiger charge is -2.19. The van der Waals surface area contributed by atoms with Crippen molar-refractivity contribution in [1.29, 1.82) is 0 Å². The summed E-state index contributed by atoms with van der Waals surface area (Å²) < 4.78 is 0. The number of rotatable bonds is 6. The van der Waals surface area contributed by atoms with Gasteiger partial charge in [0.05, 0.1) is 5.69 Å². The Kier molecular flexibility index (Phi) is 7.25. The molecule has 9 rings (SSSR count). The zero-order chi connectivity index (χ0) is 32.7. The van der Waals surface area contributed by atoms with Crippen molar-refractivity contribution in [1.82, 2.24) is 0 Å². The van der Waals surface area contributed by atoms with Crippen LogP contribution in [0.2, 0.25) is 0 Å². The fraction of sp³-hybridized carbons (Fsp3) is 0.0625. The van der Waals surface area contributed by atoms with Crippen LogP contribution in [0.4, 0.5) is 5.69 Å². The average molecular weight is 626 g/mol. The molecule has 1 unspecified atom stereocenters. The summed E-state index contributed by atoms with van der Waals surface area (Å²) in [5.41, 5.74) is 14.8. The Hall–Kier alpha value is -6.05. The molecular weight excluding hydrogens is 591 g/mol. The zero-order valence-corrected chi connectivity index (χ0v) is 27.5. The zero-order valence-electron chi connectivity index (χ0n) is 27.5. The summed E-state index contributed by atoms with van der Waals surface area (Å²) in [5, 5.41) is 5.05. The number of fused-ring (bicyclic) bond motifs is 3. The van der Waals surface area contributed by atoms with Crippen molar-refractivity contribution >= 4 is 32.9 Å². The molecule has 0 amide bonds. The number of aliphatic imine (C=N–C) groups is 1. The van der Waals surface area contributed by atoms with Gasteiger partial charge >= 0.3 is 0 Å². The minimum atomic E-state index is 0.196. The minimum Gasteiger partial charge on any atom is -0.257 e. The van der Waals surface area contributed by atoms with Gasteiger partial charge in [-0.25, -0.2) is 0 Å². The van der Waals surface area contributed by atoms with E-state index in [-0.39, 0.29) is 5.92 Å². The van der Waals surface area contributed by atoms with E-state index in [1.54, 1.807) is 0 Å². The van der Waals surface area contributed by atoms with Crippen molar-refractivity contribution in [2.75, 3.05) is 0 Å². The standard InChI is InChI=1S/C48H35N/c1-2-44-48(42-25-11-12-26-45(42)49-44)38-22-14-20-35(30-38)34-19-13-21-37(29-34)47-40-24-10-9-23-39(40)46(33-17-7-4-8-18-33)43-31-36(27-28-41(43)47)32-15-5-3-6-16-32/h3-31,48H,2H2,1H3. The Morgan fingerprint density at radius 2 is 0.959 bits per heavy atom. The third kappa shape index (κ3) is 5.07. The topological polar surface area (TPSA) is 12.4 Å². The molecule has 1 nitrogen and oxygen atoms in total. The number of hydrogen-bond acceptors (Lipinski definition) is 1. The summed E-state index contributed by atoms with van der Waals surface area (Å²) in [6.45, 7) is 2.21. The third-order valence-electron chi connectivity index (χ3n) is 10.1. The Labute approximate surface area is 287 Å². The minimum absolute atomic E-state index is 0.196. The molecule has 1 heterocycles. The molecule has 0 aliphatic carbocycles. The van der Waals surface area contributed by atoms with E-state index in [2.05, 4.69) is 183 Å². The molecule has 0 N–H and O–H groups in total. The van der Waals surface area contributed by atoms with E-state index in [1.165, 1.54) is 82.9 Å². The fourth-order valence-electron chi connectivity index (χ4n) is 7.85. The molecular formula is C48H35N.